The Morgan fingerprint density at radius 3 is 2.83 bits per heavy atom. The first kappa shape index (κ1) is 21.3. The van der Waals surface area contributed by atoms with Gasteiger partial charge in [0.2, 0.25) is 23.5 Å². The van der Waals surface area contributed by atoms with Crippen molar-refractivity contribution in [2.24, 2.45) is 0 Å². The van der Waals surface area contributed by atoms with Crippen molar-refractivity contribution < 1.29 is 18.5 Å². The molecular formula is C20H25FN4O3S. The molecule has 0 radical (unpaired) electrons. The highest BCUT2D eigenvalue weighted by Gasteiger charge is 2.35. The summed E-state index contributed by atoms with van der Waals surface area (Å²) in [7, 11) is 0. The van der Waals surface area contributed by atoms with Crippen LogP contribution in [0.3, 0.4) is 0 Å². The van der Waals surface area contributed by atoms with Crippen LogP contribution in [0.15, 0.2) is 22.7 Å². The normalized spacial score (nSPS) is 16.9. The second kappa shape index (κ2) is 8.52. The van der Waals surface area contributed by atoms with Gasteiger partial charge in [0.1, 0.15) is 11.9 Å². The maximum absolute atomic E-state index is 13.4. The van der Waals surface area contributed by atoms with E-state index in [0.29, 0.717) is 34.5 Å². The third kappa shape index (κ3) is 5.35. The molecule has 1 fully saturated rings. The number of halogens is 1. The number of benzene rings is 1. The first-order valence-electron chi connectivity index (χ1n) is 9.42. The number of amides is 2. The van der Waals surface area contributed by atoms with Crippen LogP contribution in [0.2, 0.25) is 0 Å². The molecule has 1 saturated heterocycles. The molecule has 2 aromatic rings. The molecule has 1 aromatic carbocycles. The van der Waals surface area contributed by atoms with Crippen LogP contribution in [0.5, 0.6) is 0 Å². The first-order valence-corrected chi connectivity index (χ1v) is 10.6. The van der Waals surface area contributed by atoms with Crippen LogP contribution in [0.4, 0.5) is 4.39 Å². The quantitative estimate of drug-likeness (QED) is 0.800. The number of aryl methyl sites for hydroxylation is 2. The lowest BCUT2D eigenvalue weighted by Gasteiger charge is -2.27. The Kier molecular flexibility index (Phi) is 6.26. The molecule has 156 valence electrons. The number of carbonyl (C=O) groups excluding carboxylic acids is 2. The summed E-state index contributed by atoms with van der Waals surface area (Å²) in [6, 6.07) is 4.13. The second-order valence-corrected chi connectivity index (χ2v) is 9.09. The number of nitrogens with zero attached hydrogens (tertiary/aromatic N) is 3. The van der Waals surface area contributed by atoms with E-state index < -0.39 is 6.04 Å². The van der Waals surface area contributed by atoms with Crippen molar-refractivity contribution in [3.05, 3.63) is 35.5 Å². The molecule has 1 unspecified atom stereocenters. The van der Waals surface area contributed by atoms with Crippen molar-refractivity contribution >= 4 is 23.6 Å². The lowest BCUT2D eigenvalue weighted by molar-refractivity contribution is -0.138. The summed E-state index contributed by atoms with van der Waals surface area (Å²) in [5.41, 5.74) is 0.799. The van der Waals surface area contributed by atoms with Crippen LogP contribution in [0.25, 0.3) is 11.4 Å². The van der Waals surface area contributed by atoms with Crippen molar-refractivity contribution in [2.75, 3.05) is 11.6 Å². The highest BCUT2D eigenvalue weighted by atomic mass is 32.2. The van der Waals surface area contributed by atoms with E-state index in [1.807, 2.05) is 20.8 Å². The summed E-state index contributed by atoms with van der Waals surface area (Å²) < 4.78 is 18.7. The topological polar surface area (TPSA) is 88.3 Å². The van der Waals surface area contributed by atoms with Crippen molar-refractivity contribution in [1.82, 2.24) is 20.4 Å². The molecule has 2 amide bonds. The number of aromatic nitrogens is 2. The molecule has 0 aliphatic carbocycles. The Balaban J connectivity index is 1.60. The summed E-state index contributed by atoms with van der Waals surface area (Å²) in [5, 5.41) is 6.85. The fourth-order valence-corrected chi connectivity index (χ4v) is 4.15. The van der Waals surface area contributed by atoms with Crippen molar-refractivity contribution in [2.45, 2.75) is 52.1 Å². The van der Waals surface area contributed by atoms with Crippen LogP contribution >= 0.6 is 11.8 Å². The van der Waals surface area contributed by atoms with Gasteiger partial charge in [0.25, 0.3) is 0 Å². The van der Waals surface area contributed by atoms with Crippen LogP contribution in [0.1, 0.15) is 38.6 Å². The van der Waals surface area contributed by atoms with Gasteiger partial charge in [-0.05, 0) is 51.5 Å². The molecule has 7 nitrogen and oxygen atoms in total. The van der Waals surface area contributed by atoms with Crippen molar-refractivity contribution in [1.29, 1.82) is 0 Å². The summed E-state index contributed by atoms with van der Waals surface area (Å²) in [4.78, 5) is 31.0. The monoisotopic (exact) mass is 420 g/mol. The summed E-state index contributed by atoms with van der Waals surface area (Å²) in [6.45, 7) is 7.40. The molecule has 0 spiro atoms. The zero-order valence-corrected chi connectivity index (χ0v) is 17.8. The molecule has 29 heavy (non-hydrogen) atoms. The van der Waals surface area contributed by atoms with Gasteiger partial charge in [0.05, 0.1) is 5.88 Å². The zero-order valence-electron chi connectivity index (χ0n) is 17.0. The molecular weight excluding hydrogens is 395 g/mol. The molecule has 3 rings (SSSR count). The number of nitrogens with one attached hydrogen (secondary N) is 1. The van der Waals surface area contributed by atoms with E-state index in [0.717, 1.165) is 0 Å². The molecule has 1 aliphatic heterocycles. The predicted molar refractivity (Wildman–Crippen MR) is 109 cm³/mol. The minimum absolute atomic E-state index is 0.124. The van der Waals surface area contributed by atoms with Gasteiger partial charge in [-0.2, -0.15) is 4.98 Å². The second-order valence-electron chi connectivity index (χ2n) is 8.09. The molecule has 1 atom stereocenters. The largest absolute Gasteiger partial charge is 0.350 e. The number of carbonyl (C=O) groups is 2. The van der Waals surface area contributed by atoms with Gasteiger partial charge in [0.15, 0.2) is 0 Å². The maximum Gasteiger partial charge on any atom is 0.244 e. The fraction of sp³-hybridized carbons (Fsp3) is 0.500. The minimum Gasteiger partial charge on any atom is -0.350 e. The van der Waals surface area contributed by atoms with E-state index in [1.165, 1.54) is 6.07 Å². The van der Waals surface area contributed by atoms with Crippen molar-refractivity contribution in [3.8, 4) is 11.4 Å². The average molecular weight is 421 g/mol. The number of hydrogen-bond donors (Lipinski definition) is 1. The molecule has 1 aliphatic rings. The summed E-state index contributed by atoms with van der Waals surface area (Å²) in [5.74, 6) is 1.21. The van der Waals surface area contributed by atoms with Crippen LogP contribution in [0, 0.1) is 12.7 Å². The van der Waals surface area contributed by atoms with Crippen molar-refractivity contribution in [3.63, 3.8) is 0 Å². The van der Waals surface area contributed by atoms with Crippen LogP contribution in [-0.4, -0.2) is 50.1 Å². The van der Waals surface area contributed by atoms with Gasteiger partial charge >= 0.3 is 0 Å². The van der Waals surface area contributed by atoms with E-state index >= 15 is 0 Å². The smallest absolute Gasteiger partial charge is 0.244 e. The molecule has 0 saturated carbocycles. The van der Waals surface area contributed by atoms with Crippen LogP contribution in [-0.2, 0) is 16.0 Å². The number of thioether (sulfide) groups is 1. The zero-order chi connectivity index (χ0) is 21.2. The third-order valence-electron chi connectivity index (χ3n) is 4.44. The Hall–Kier alpha value is -2.42. The van der Waals surface area contributed by atoms with E-state index in [-0.39, 0.29) is 36.0 Å². The van der Waals surface area contributed by atoms with Gasteiger partial charge in [0, 0.05) is 29.7 Å². The Labute approximate surface area is 173 Å². The average Bonchev–Trinajstić information content (AvgIpc) is 3.30. The number of hydrogen-bond acceptors (Lipinski definition) is 6. The highest BCUT2D eigenvalue weighted by molar-refractivity contribution is 7.99. The lowest BCUT2D eigenvalue weighted by Crippen LogP contribution is -2.52. The predicted octanol–water partition coefficient (Wildman–Crippen LogP) is 2.93. The Bertz CT molecular complexity index is 909. The molecule has 9 heteroatoms. The van der Waals surface area contributed by atoms with E-state index in [4.69, 9.17) is 4.52 Å². The Morgan fingerprint density at radius 1 is 1.38 bits per heavy atom. The SMILES string of the molecule is Cc1cc(-c2noc(CCC(=O)N3CSCC3C(=O)NC(C)(C)C)n2)ccc1F. The van der Waals surface area contributed by atoms with Gasteiger partial charge in [-0.1, -0.05) is 5.16 Å². The van der Waals surface area contributed by atoms with Gasteiger partial charge in [-0.25, -0.2) is 4.39 Å². The maximum atomic E-state index is 13.4. The molecule has 1 N–H and O–H groups in total. The van der Waals surface area contributed by atoms with E-state index in [2.05, 4.69) is 15.5 Å². The lowest BCUT2D eigenvalue weighted by atomic mass is 10.1. The van der Waals surface area contributed by atoms with E-state index in [1.54, 1.807) is 35.7 Å². The Morgan fingerprint density at radius 2 is 2.14 bits per heavy atom. The van der Waals surface area contributed by atoms with Gasteiger partial charge < -0.3 is 14.7 Å². The van der Waals surface area contributed by atoms with Gasteiger partial charge in [-0.15, -0.1) is 11.8 Å². The molecule has 0 bridgehead atoms. The summed E-state index contributed by atoms with van der Waals surface area (Å²) >= 11 is 1.56. The minimum atomic E-state index is -0.466. The van der Waals surface area contributed by atoms with E-state index in [9.17, 15) is 14.0 Å². The first-order chi connectivity index (χ1) is 13.6. The van der Waals surface area contributed by atoms with Gasteiger partial charge in [-0.3, -0.25) is 9.59 Å². The standard InChI is InChI=1S/C20H25FN4O3S/c1-12-9-13(5-6-14(12)21)18-22-16(28-24-18)7-8-17(26)25-11-29-10-15(25)19(27)23-20(2,3)4/h5-6,9,15H,7-8,10-11H2,1-4H3,(H,23,27). The van der Waals surface area contributed by atoms with Crippen LogP contribution < -0.4 is 5.32 Å². The number of rotatable bonds is 5. The summed E-state index contributed by atoms with van der Waals surface area (Å²) in [6.07, 6.45) is 0.449. The fourth-order valence-electron chi connectivity index (χ4n) is 2.97. The third-order valence-corrected chi connectivity index (χ3v) is 5.45. The molecule has 1 aromatic heterocycles. The highest BCUT2D eigenvalue weighted by Crippen LogP contribution is 2.24. The molecule has 2 heterocycles.